The monoisotopic (exact) mass is 375 g/mol. The SMILES string of the molecule is CC1Cc2ccccc2N1Cc1occc1C(=O)NCCc1ccc(N)cc1. The molecule has 1 unspecified atom stereocenters. The molecule has 0 aliphatic carbocycles. The van der Waals surface area contributed by atoms with Gasteiger partial charge in [-0.05, 0) is 55.2 Å². The molecule has 4 rings (SSSR count). The number of nitrogens with one attached hydrogen (secondary N) is 1. The number of nitrogen functional groups attached to an aromatic ring is 1. The highest BCUT2D eigenvalue weighted by atomic mass is 16.3. The van der Waals surface area contributed by atoms with Crippen LogP contribution in [0.3, 0.4) is 0 Å². The van der Waals surface area contributed by atoms with Crippen LogP contribution in [-0.4, -0.2) is 18.5 Å². The third-order valence-electron chi connectivity index (χ3n) is 5.33. The molecule has 144 valence electrons. The number of carbonyl (C=O) groups excluding carboxylic acids is 1. The lowest BCUT2D eigenvalue weighted by Crippen LogP contribution is -2.31. The first-order valence-electron chi connectivity index (χ1n) is 9.65. The lowest BCUT2D eigenvalue weighted by Gasteiger charge is -2.24. The number of hydrogen-bond donors (Lipinski definition) is 2. The molecule has 0 fully saturated rings. The zero-order valence-electron chi connectivity index (χ0n) is 16.0. The van der Waals surface area contributed by atoms with Crippen LogP contribution in [0.15, 0.2) is 65.3 Å². The van der Waals surface area contributed by atoms with E-state index in [1.165, 1.54) is 11.3 Å². The first-order chi connectivity index (χ1) is 13.6. The average Bonchev–Trinajstić information content (AvgIpc) is 3.28. The Morgan fingerprint density at radius 2 is 1.96 bits per heavy atom. The van der Waals surface area contributed by atoms with E-state index in [9.17, 15) is 4.79 Å². The van der Waals surface area contributed by atoms with E-state index in [0.717, 1.165) is 24.1 Å². The van der Waals surface area contributed by atoms with Crippen molar-refractivity contribution in [2.75, 3.05) is 17.2 Å². The molecule has 1 aliphatic heterocycles. The van der Waals surface area contributed by atoms with Crippen LogP contribution in [-0.2, 0) is 19.4 Å². The van der Waals surface area contributed by atoms with Crippen molar-refractivity contribution < 1.29 is 9.21 Å². The molecule has 1 aliphatic rings. The lowest BCUT2D eigenvalue weighted by atomic mass is 10.1. The summed E-state index contributed by atoms with van der Waals surface area (Å²) in [5.74, 6) is 0.605. The third-order valence-corrected chi connectivity index (χ3v) is 5.33. The summed E-state index contributed by atoms with van der Waals surface area (Å²) in [4.78, 5) is 15.0. The smallest absolute Gasteiger partial charge is 0.254 e. The minimum atomic E-state index is -0.0978. The fraction of sp³-hybridized carbons (Fsp3) is 0.261. The van der Waals surface area contributed by atoms with E-state index < -0.39 is 0 Å². The largest absolute Gasteiger partial charge is 0.467 e. The summed E-state index contributed by atoms with van der Waals surface area (Å²) in [6.45, 7) is 3.36. The van der Waals surface area contributed by atoms with E-state index in [2.05, 4.69) is 41.4 Å². The number of nitrogens with zero attached hydrogens (tertiary/aromatic N) is 1. The molecule has 0 bridgehead atoms. The Balaban J connectivity index is 1.40. The van der Waals surface area contributed by atoms with Gasteiger partial charge in [0.25, 0.3) is 5.91 Å². The number of fused-ring (bicyclic) bond motifs is 1. The van der Waals surface area contributed by atoms with Gasteiger partial charge in [-0.3, -0.25) is 4.79 Å². The van der Waals surface area contributed by atoms with Crippen molar-refractivity contribution in [3.05, 3.63) is 83.3 Å². The third kappa shape index (κ3) is 3.74. The van der Waals surface area contributed by atoms with Crippen molar-refractivity contribution in [1.29, 1.82) is 0 Å². The van der Waals surface area contributed by atoms with Gasteiger partial charge in [0.1, 0.15) is 5.76 Å². The summed E-state index contributed by atoms with van der Waals surface area (Å²) in [7, 11) is 0. The quantitative estimate of drug-likeness (QED) is 0.643. The minimum absolute atomic E-state index is 0.0978. The Kier molecular flexibility index (Phi) is 5.06. The van der Waals surface area contributed by atoms with Crippen molar-refractivity contribution in [1.82, 2.24) is 5.32 Å². The van der Waals surface area contributed by atoms with Crippen LogP contribution in [0.25, 0.3) is 0 Å². The zero-order chi connectivity index (χ0) is 19.5. The van der Waals surface area contributed by atoms with Gasteiger partial charge in [-0.25, -0.2) is 0 Å². The number of furan rings is 1. The molecular weight excluding hydrogens is 350 g/mol. The number of hydrogen-bond acceptors (Lipinski definition) is 4. The van der Waals surface area contributed by atoms with E-state index in [4.69, 9.17) is 10.2 Å². The summed E-state index contributed by atoms with van der Waals surface area (Å²) in [5, 5.41) is 3.00. The first kappa shape index (κ1) is 18.2. The van der Waals surface area contributed by atoms with E-state index in [1.807, 2.05) is 24.3 Å². The van der Waals surface area contributed by atoms with E-state index in [0.29, 0.717) is 30.5 Å². The molecular formula is C23H25N3O2. The second-order valence-electron chi connectivity index (χ2n) is 7.31. The molecule has 3 N–H and O–H groups in total. The molecule has 0 saturated heterocycles. The number of carbonyl (C=O) groups is 1. The highest BCUT2D eigenvalue weighted by molar-refractivity contribution is 5.95. The Hall–Kier alpha value is -3.21. The molecule has 5 heteroatoms. The van der Waals surface area contributed by atoms with Crippen molar-refractivity contribution in [2.45, 2.75) is 32.4 Å². The van der Waals surface area contributed by atoms with E-state index in [-0.39, 0.29) is 5.91 Å². The predicted octanol–water partition coefficient (Wildman–Crippen LogP) is 3.79. The Labute approximate surface area is 165 Å². The van der Waals surface area contributed by atoms with Crippen molar-refractivity contribution >= 4 is 17.3 Å². The summed E-state index contributed by atoms with van der Waals surface area (Å²) in [6.07, 6.45) is 3.37. The zero-order valence-corrected chi connectivity index (χ0v) is 16.0. The Bertz CT molecular complexity index is 962. The fourth-order valence-electron chi connectivity index (χ4n) is 3.79. The summed E-state index contributed by atoms with van der Waals surface area (Å²) < 4.78 is 5.67. The number of para-hydroxylation sites is 1. The predicted molar refractivity (Wildman–Crippen MR) is 111 cm³/mol. The highest BCUT2D eigenvalue weighted by Crippen LogP contribution is 2.33. The fourth-order valence-corrected chi connectivity index (χ4v) is 3.79. The molecule has 3 aromatic rings. The number of rotatable bonds is 6. The number of benzene rings is 2. The van der Waals surface area contributed by atoms with Crippen molar-refractivity contribution in [3.63, 3.8) is 0 Å². The topological polar surface area (TPSA) is 71.5 Å². The normalized spacial score (nSPS) is 15.5. The maximum absolute atomic E-state index is 12.7. The number of anilines is 2. The molecule has 2 aromatic carbocycles. The molecule has 1 aromatic heterocycles. The Morgan fingerprint density at radius 3 is 2.79 bits per heavy atom. The van der Waals surface area contributed by atoms with Crippen LogP contribution in [0.5, 0.6) is 0 Å². The van der Waals surface area contributed by atoms with E-state index in [1.54, 1.807) is 12.3 Å². The summed E-state index contributed by atoms with van der Waals surface area (Å²) >= 11 is 0. The van der Waals surface area contributed by atoms with Gasteiger partial charge in [0.05, 0.1) is 18.4 Å². The van der Waals surface area contributed by atoms with Gasteiger partial charge in [-0.15, -0.1) is 0 Å². The van der Waals surface area contributed by atoms with Gasteiger partial charge in [0.15, 0.2) is 0 Å². The maximum atomic E-state index is 12.7. The number of amides is 1. The lowest BCUT2D eigenvalue weighted by molar-refractivity contribution is 0.0952. The van der Waals surface area contributed by atoms with Crippen LogP contribution >= 0.6 is 0 Å². The minimum Gasteiger partial charge on any atom is -0.467 e. The van der Waals surface area contributed by atoms with Crippen molar-refractivity contribution in [3.8, 4) is 0 Å². The van der Waals surface area contributed by atoms with Crippen LogP contribution in [0.4, 0.5) is 11.4 Å². The molecule has 0 spiro atoms. The van der Waals surface area contributed by atoms with Crippen LogP contribution in [0, 0.1) is 0 Å². The molecule has 28 heavy (non-hydrogen) atoms. The molecule has 2 heterocycles. The molecule has 0 radical (unpaired) electrons. The van der Waals surface area contributed by atoms with Gasteiger partial charge in [-0.2, -0.15) is 0 Å². The van der Waals surface area contributed by atoms with Gasteiger partial charge in [-0.1, -0.05) is 30.3 Å². The average molecular weight is 375 g/mol. The highest BCUT2D eigenvalue weighted by Gasteiger charge is 2.27. The van der Waals surface area contributed by atoms with Crippen LogP contribution in [0.1, 0.15) is 34.2 Å². The molecule has 1 amide bonds. The maximum Gasteiger partial charge on any atom is 0.254 e. The number of nitrogens with two attached hydrogens (primary N) is 1. The standard InChI is InChI=1S/C23H25N3O2/c1-16-14-18-4-2-3-5-21(18)26(16)15-22-20(11-13-28-22)23(27)25-12-10-17-6-8-19(24)9-7-17/h2-9,11,13,16H,10,12,14-15,24H2,1H3,(H,25,27). The second-order valence-corrected chi connectivity index (χ2v) is 7.31. The Morgan fingerprint density at radius 1 is 1.18 bits per heavy atom. The van der Waals surface area contributed by atoms with Crippen LogP contribution in [0.2, 0.25) is 0 Å². The van der Waals surface area contributed by atoms with Crippen molar-refractivity contribution in [2.24, 2.45) is 0 Å². The molecule has 0 saturated carbocycles. The van der Waals surface area contributed by atoms with E-state index >= 15 is 0 Å². The van der Waals surface area contributed by atoms with Gasteiger partial charge in [0, 0.05) is 24.0 Å². The first-order valence-corrected chi connectivity index (χ1v) is 9.65. The van der Waals surface area contributed by atoms with Gasteiger partial charge < -0.3 is 20.4 Å². The second kappa shape index (κ2) is 7.80. The van der Waals surface area contributed by atoms with Gasteiger partial charge >= 0.3 is 0 Å². The van der Waals surface area contributed by atoms with Gasteiger partial charge in [0.2, 0.25) is 0 Å². The van der Waals surface area contributed by atoms with Crippen LogP contribution < -0.4 is 16.0 Å². The summed E-state index contributed by atoms with van der Waals surface area (Å²) in [6, 6.07) is 18.3. The molecule has 5 nitrogen and oxygen atoms in total. The summed E-state index contributed by atoms with van der Waals surface area (Å²) in [5.41, 5.74) is 10.8. The molecule has 1 atom stereocenters.